The van der Waals surface area contributed by atoms with Crippen molar-refractivity contribution in [3.05, 3.63) is 98.2 Å². The molecule has 15 heteroatoms. The molecule has 0 bridgehead atoms. The van der Waals surface area contributed by atoms with E-state index in [9.17, 15) is 37.5 Å². The zero-order valence-electron chi connectivity index (χ0n) is 24.0. The van der Waals surface area contributed by atoms with Crippen molar-refractivity contribution < 1.29 is 37.0 Å². The number of benzene rings is 2. The molecule has 1 fully saturated rings. The molecule has 1 amide bonds. The molecular weight excluding hydrogens is 602 g/mol. The molecule has 2 aromatic heterocycles. The number of alkyl halides is 3. The molecule has 2 N–H and O–H groups in total. The molecule has 1 aliphatic rings. The second-order valence-electron chi connectivity index (χ2n) is 10.6. The number of nitrogens with zero attached hydrogens (tertiary/aromatic N) is 4. The van der Waals surface area contributed by atoms with Gasteiger partial charge < -0.3 is 20.1 Å². The van der Waals surface area contributed by atoms with Crippen LogP contribution in [0.2, 0.25) is 0 Å². The van der Waals surface area contributed by atoms with Crippen LogP contribution in [0, 0.1) is 12.7 Å². The van der Waals surface area contributed by atoms with E-state index < -0.39 is 59.4 Å². The van der Waals surface area contributed by atoms with Gasteiger partial charge in [0.1, 0.15) is 17.9 Å². The Balaban J connectivity index is 1.36. The molecule has 1 aliphatic heterocycles. The quantitative estimate of drug-likeness (QED) is 0.298. The van der Waals surface area contributed by atoms with Crippen LogP contribution in [0.3, 0.4) is 0 Å². The lowest BCUT2D eigenvalue weighted by molar-refractivity contribution is -0.167. The number of carboxylic acid groups (broad SMARTS) is 1. The molecule has 0 aliphatic carbocycles. The van der Waals surface area contributed by atoms with E-state index in [0.29, 0.717) is 11.1 Å². The van der Waals surface area contributed by atoms with Gasteiger partial charge in [-0.3, -0.25) is 19.1 Å². The number of aromatic nitrogens is 3. The predicted octanol–water partition coefficient (Wildman–Crippen LogP) is 2.73. The van der Waals surface area contributed by atoms with Crippen molar-refractivity contribution in [2.24, 2.45) is 7.05 Å². The first-order valence-electron chi connectivity index (χ1n) is 13.7. The lowest BCUT2D eigenvalue weighted by Crippen LogP contribution is -2.53. The van der Waals surface area contributed by atoms with Gasteiger partial charge in [-0.15, -0.1) is 0 Å². The monoisotopic (exact) mass is 629 g/mol. The minimum absolute atomic E-state index is 0.00409. The van der Waals surface area contributed by atoms with Crippen molar-refractivity contribution in [3.8, 4) is 5.69 Å². The number of nitrogens with one attached hydrogen (secondary N) is 1. The molecule has 3 heterocycles. The van der Waals surface area contributed by atoms with Crippen molar-refractivity contribution in [1.29, 1.82) is 0 Å². The van der Waals surface area contributed by atoms with E-state index >= 15 is 4.39 Å². The molecule has 1 saturated heterocycles. The number of morpholine rings is 1. The number of ether oxygens (including phenoxy) is 1. The third-order valence-corrected chi connectivity index (χ3v) is 7.65. The number of rotatable bonds is 7. The third-order valence-electron chi connectivity index (χ3n) is 7.65. The number of carbonyl (C=O) groups is 2. The molecule has 0 spiro atoms. The van der Waals surface area contributed by atoms with Crippen molar-refractivity contribution in [3.63, 3.8) is 0 Å². The first kappa shape index (κ1) is 31.4. The van der Waals surface area contributed by atoms with Crippen LogP contribution in [0.4, 0.5) is 23.2 Å². The van der Waals surface area contributed by atoms with E-state index in [2.05, 4.69) is 10.3 Å². The second kappa shape index (κ2) is 12.1. The largest absolute Gasteiger partial charge is 0.480 e. The van der Waals surface area contributed by atoms with Crippen LogP contribution >= 0.6 is 0 Å². The molecule has 11 nitrogen and oxygen atoms in total. The number of aliphatic carboxylic acids is 1. The zero-order valence-corrected chi connectivity index (χ0v) is 24.0. The van der Waals surface area contributed by atoms with E-state index in [-0.39, 0.29) is 41.9 Å². The Morgan fingerprint density at radius 1 is 1.13 bits per heavy atom. The minimum atomic E-state index is -4.63. The SMILES string of the molecule is Cc1cc(N2CCOC[C@@H]2C(F)(F)F)cc(F)c1C(=O)NC(Cc1ccc(-n2c(=O)c3ccncc3n(C)c2=O)cc1)C(=O)O. The number of hydrogen-bond acceptors (Lipinski definition) is 7. The fourth-order valence-corrected chi connectivity index (χ4v) is 5.33. The van der Waals surface area contributed by atoms with Gasteiger partial charge in [-0.1, -0.05) is 12.1 Å². The normalized spacial score (nSPS) is 16.0. The predicted molar refractivity (Wildman–Crippen MR) is 154 cm³/mol. The van der Waals surface area contributed by atoms with Crippen molar-refractivity contribution in [2.75, 3.05) is 24.7 Å². The second-order valence-corrected chi connectivity index (χ2v) is 10.6. The molecule has 5 rings (SSSR count). The summed E-state index contributed by atoms with van der Waals surface area (Å²) in [4.78, 5) is 56.0. The summed E-state index contributed by atoms with van der Waals surface area (Å²) in [5.74, 6) is -3.59. The number of carboxylic acids is 1. The van der Waals surface area contributed by atoms with Gasteiger partial charge in [-0.05, 0) is 48.4 Å². The summed E-state index contributed by atoms with van der Waals surface area (Å²) >= 11 is 0. The minimum Gasteiger partial charge on any atom is -0.480 e. The zero-order chi connectivity index (χ0) is 32.6. The maximum atomic E-state index is 15.2. The molecular formula is C30H27F4N5O6. The topological polar surface area (TPSA) is 136 Å². The molecule has 0 radical (unpaired) electrons. The van der Waals surface area contributed by atoms with Crippen molar-refractivity contribution in [1.82, 2.24) is 19.4 Å². The molecule has 0 saturated carbocycles. The highest BCUT2D eigenvalue weighted by atomic mass is 19.4. The Kier molecular flexibility index (Phi) is 8.47. The van der Waals surface area contributed by atoms with Crippen LogP contribution in [0.15, 0.2) is 64.4 Å². The van der Waals surface area contributed by atoms with Gasteiger partial charge in [0.15, 0.2) is 0 Å². The van der Waals surface area contributed by atoms with Crippen LogP contribution in [0.25, 0.3) is 16.6 Å². The maximum absolute atomic E-state index is 15.2. The summed E-state index contributed by atoms with van der Waals surface area (Å²) in [6, 6.07) is 5.92. The summed E-state index contributed by atoms with van der Waals surface area (Å²) in [6.07, 6.45) is -2.04. The molecule has 4 aromatic rings. The van der Waals surface area contributed by atoms with Crippen molar-refractivity contribution in [2.45, 2.75) is 31.6 Å². The average Bonchev–Trinajstić information content (AvgIpc) is 2.99. The van der Waals surface area contributed by atoms with Crippen LogP contribution in [0.5, 0.6) is 0 Å². The number of hydrogen-bond donors (Lipinski definition) is 2. The molecule has 236 valence electrons. The Bertz CT molecular complexity index is 1880. The van der Waals surface area contributed by atoms with Gasteiger partial charge in [-0.2, -0.15) is 13.2 Å². The highest BCUT2D eigenvalue weighted by molar-refractivity contribution is 5.98. The maximum Gasteiger partial charge on any atom is 0.411 e. The summed E-state index contributed by atoms with van der Waals surface area (Å²) in [6.45, 7) is 0.579. The summed E-state index contributed by atoms with van der Waals surface area (Å²) in [5, 5.41) is 12.3. The van der Waals surface area contributed by atoms with Crippen LogP contribution in [-0.4, -0.2) is 69.1 Å². The van der Waals surface area contributed by atoms with Gasteiger partial charge in [0.2, 0.25) is 0 Å². The molecule has 45 heavy (non-hydrogen) atoms. The van der Waals surface area contributed by atoms with Crippen LogP contribution in [0.1, 0.15) is 21.5 Å². The van der Waals surface area contributed by atoms with Crippen molar-refractivity contribution >= 4 is 28.5 Å². The van der Waals surface area contributed by atoms with E-state index in [1.54, 1.807) is 0 Å². The Labute approximate surface area is 252 Å². The third kappa shape index (κ3) is 6.16. The van der Waals surface area contributed by atoms with E-state index in [1.165, 1.54) is 67.3 Å². The lowest BCUT2D eigenvalue weighted by Gasteiger charge is -2.38. The smallest absolute Gasteiger partial charge is 0.411 e. The first-order valence-corrected chi connectivity index (χ1v) is 13.7. The number of fused-ring (bicyclic) bond motifs is 1. The Hall–Kier alpha value is -5.05. The first-order chi connectivity index (χ1) is 21.3. The molecule has 2 aromatic carbocycles. The molecule has 2 atom stereocenters. The number of anilines is 1. The molecule has 1 unspecified atom stereocenters. The highest BCUT2D eigenvalue weighted by Gasteiger charge is 2.45. The Morgan fingerprint density at radius 2 is 1.84 bits per heavy atom. The summed E-state index contributed by atoms with van der Waals surface area (Å²) in [5.41, 5.74) is -0.753. The van der Waals surface area contributed by atoms with E-state index in [0.717, 1.165) is 15.5 Å². The summed E-state index contributed by atoms with van der Waals surface area (Å²) in [7, 11) is 1.50. The van der Waals surface area contributed by atoms with Gasteiger partial charge in [0.05, 0.1) is 41.6 Å². The lowest BCUT2D eigenvalue weighted by atomic mass is 10.0. The summed E-state index contributed by atoms with van der Waals surface area (Å²) < 4.78 is 63.0. The van der Waals surface area contributed by atoms with E-state index in [1.807, 2.05) is 0 Å². The number of pyridine rings is 1. The van der Waals surface area contributed by atoms with Gasteiger partial charge in [0, 0.05) is 31.9 Å². The fraction of sp³-hybridized carbons (Fsp3) is 0.300. The standard InChI is InChI=1S/C30H27F4N5O6/c1-16-11-19(38-9-10-45-15-24(38)30(32,33)34)13-21(31)25(16)26(40)36-22(28(42)43)12-17-3-5-18(6-4-17)39-27(41)20-7-8-35-14-23(20)37(2)29(39)44/h3-8,11,13-14,22,24H,9-10,12,15H2,1-2H3,(H,36,40)(H,42,43)/t22?,24-/m1/s1. The highest BCUT2D eigenvalue weighted by Crippen LogP contribution is 2.33. The average molecular weight is 630 g/mol. The fourth-order valence-electron chi connectivity index (χ4n) is 5.33. The van der Waals surface area contributed by atoms with Gasteiger partial charge in [0.25, 0.3) is 11.5 Å². The number of amides is 1. The Morgan fingerprint density at radius 3 is 2.49 bits per heavy atom. The number of carbonyl (C=O) groups excluding carboxylic acids is 1. The van der Waals surface area contributed by atoms with Crippen LogP contribution < -0.4 is 21.5 Å². The van der Waals surface area contributed by atoms with Crippen LogP contribution in [-0.2, 0) is 23.0 Å². The van der Waals surface area contributed by atoms with Gasteiger partial charge in [-0.25, -0.2) is 18.5 Å². The van der Waals surface area contributed by atoms with Gasteiger partial charge >= 0.3 is 17.8 Å². The van der Waals surface area contributed by atoms with E-state index in [4.69, 9.17) is 4.74 Å². The number of aryl methyl sites for hydroxylation is 2. The number of halogens is 4.